The van der Waals surface area contributed by atoms with E-state index in [1.807, 2.05) is 0 Å². The van der Waals surface area contributed by atoms with Gasteiger partial charge >= 0.3 is 0 Å². The zero-order valence-electron chi connectivity index (χ0n) is 5.81. The lowest BCUT2D eigenvalue weighted by Crippen LogP contribution is -2.23. The van der Waals surface area contributed by atoms with E-state index in [1.165, 1.54) is 0 Å². The normalized spacial score (nSPS) is 43.7. The van der Waals surface area contributed by atoms with Gasteiger partial charge in [-0.2, -0.15) is 0 Å². The van der Waals surface area contributed by atoms with Gasteiger partial charge < -0.3 is 5.73 Å². The van der Waals surface area contributed by atoms with Crippen molar-refractivity contribution in [3.8, 4) is 0 Å². The number of nitrogens with two attached hydrogens (primary N) is 1. The summed E-state index contributed by atoms with van der Waals surface area (Å²) in [4.78, 5) is 0. The highest BCUT2D eigenvalue weighted by atomic mass is 19.1. The summed E-state index contributed by atoms with van der Waals surface area (Å²) in [6.07, 6.45) is 1.12. The molecule has 1 fully saturated rings. The van der Waals surface area contributed by atoms with Crippen LogP contribution in [0.1, 0.15) is 19.8 Å². The summed E-state index contributed by atoms with van der Waals surface area (Å²) in [5.41, 5.74) is 5.37. The Morgan fingerprint density at radius 3 is 2.44 bits per heavy atom. The van der Waals surface area contributed by atoms with Crippen molar-refractivity contribution in [3.63, 3.8) is 0 Å². The number of halogens is 1. The SMILES string of the molecule is C[C@@H]1CC[C@@H](F)[C@@H]1CN. The van der Waals surface area contributed by atoms with E-state index >= 15 is 0 Å². The Bertz CT molecular complexity index is 84.9. The fourth-order valence-electron chi connectivity index (χ4n) is 1.59. The molecule has 54 valence electrons. The topological polar surface area (TPSA) is 26.0 Å². The lowest BCUT2D eigenvalue weighted by Gasteiger charge is -2.13. The van der Waals surface area contributed by atoms with Gasteiger partial charge in [0, 0.05) is 5.92 Å². The molecule has 9 heavy (non-hydrogen) atoms. The van der Waals surface area contributed by atoms with Crippen LogP contribution in [0.5, 0.6) is 0 Å². The summed E-state index contributed by atoms with van der Waals surface area (Å²) in [5, 5.41) is 0. The van der Waals surface area contributed by atoms with Crippen molar-refractivity contribution in [1.29, 1.82) is 0 Å². The molecule has 0 bridgehead atoms. The van der Waals surface area contributed by atoms with Gasteiger partial charge in [0.25, 0.3) is 0 Å². The maximum Gasteiger partial charge on any atom is 0.104 e. The summed E-state index contributed by atoms with van der Waals surface area (Å²) in [6, 6.07) is 0. The Morgan fingerprint density at radius 1 is 1.56 bits per heavy atom. The second-order valence-corrected chi connectivity index (χ2v) is 2.97. The highest BCUT2D eigenvalue weighted by molar-refractivity contribution is 4.82. The quantitative estimate of drug-likeness (QED) is 0.570. The van der Waals surface area contributed by atoms with Crippen LogP contribution >= 0.6 is 0 Å². The minimum atomic E-state index is -0.620. The van der Waals surface area contributed by atoms with Gasteiger partial charge in [0.05, 0.1) is 0 Å². The lowest BCUT2D eigenvalue weighted by atomic mass is 9.98. The zero-order valence-corrected chi connectivity index (χ0v) is 5.81. The third-order valence-electron chi connectivity index (χ3n) is 2.37. The Balaban J connectivity index is 2.44. The van der Waals surface area contributed by atoms with Crippen LogP contribution in [-0.4, -0.2) is 12.7 Å². The smallest absolute Gasteiger partial charge is 0.104 e. The van der Waals surface area contributed by atoms with Crippen LogP contribution in [0.15, 0.2) is 0 Å². The predicted octanol–water partition coefficient (Wildman–Crippen LogP) is 1.33. The Morgan fingerprint density at radius 2 is 2.22 bits per heavy atom. The van der Waals surface area contributed by atoms with Gasteiger partial charge in [0.1, 0.15) is 6.17 Å². The molecule has 0 aromatic rings. The van der Waals surface area contributed by atoms with E-state index in [1.54, 1.807) is 0 Å². The average Bonchev–Trinajstić information content (AvgIpc) is 2.12. The minimum absolute atomic E-state index is 0.144. The van der Waals surface area contributed by atoms with Crippen molar-refractivity contribution in [2.45, 2.75) is 25.9 Å². The maximum absolute atomic E-state index is 12.8. The third kappa shape index (κ3) is 1.23. The van der Waals surface area contributed by atoms with Crippen LogP contribution in [0.3, 0.4) is 0 Å². The molecule has 1 aliphatic rings. The second-order valence-electron chi connectivity index (χ2n) is 2.97. The Labute approximate surface area is 55.4 Å². The molecule has 0 radical (unpaired) electrons. The van der Waals surface area contributed by atoms with Crippen LogP contribution in [0.2, 0.25) is 0 Å². The highest BCUT2D eigenvalue weighted by Crippen LogP contribution is 2.32. The van der Waals surface area contributed by atoms with Crippen molar-refractivity contribution in [2.24, 2.45) is 17.6 Å². The lowest BCUT2D eigenvalue weighted by molar-refractivity contribution is 0.242. The predicted molar refractivity (Wildman–Crippen MR) is 35.8 cm³/mol. The summed E-state index contributed by atoms with van der Waals surface area (Å²) in [5.74, 6) is 0.648. The monoisotopic (exact) mass is 131 g/mol. The fraction of sp³-hybridized carbons (Fsp3) is 1.00. The molecule has 1 aliphatic carbocycles. The van der Waals surface area contributed by atoms with Crippen LogP contribution in [0.25, 0.3) is 0 Å². The van der Waals surface area contributed by atoms with Crippen molar-refractivity contribution in [3.05, 3.63) is 0 Å². The Hall–Kier alpha value is -0.110. The van der Waals surface area contributed by atoms with E-state index in [9.17, 15) is 4.39 Å². The van der Waals surface area contributed by atoms with E-state index in [0.29, 0.717) is 12.5 Å². The molecule has 0 unspecified atom stereocenters. The molecule has 3 atom stereocenters. The van der Waals surface area contributed by atoms with Crippen LogP contribution in [0, 0.1) is 11.8 Å². The molecule has 0 amide bonds. The molecule has 2 heteroatoms. The van der Waals surface area contributed by atoms with Gasteiger partial charge in [-0.25, -0.2) is 4.39 Å². The average molecular weight is 131 g/mol. The van der Waals surface area contributed by atoms with Gasteiger partial charge in [0.2, 0.25) is 0 Å². The first kappa shape index (κ1) is 7.00. The fourth-order valence-corrected chi connectivity index (χ4v) is 1.59. The van der Waals surface area contributed by atoms with E-state index in [4.69, 9.17) is 5.73 Å². The van der Waals surface area contributed by atoms with Gasteiger partial charge in [-0.05, 0) is 25.3 Å². The van der Waals surface area contributed by atoms with Gasteiger partial charge in [-0.1, -0.05) is 6.92 Å². The molecular formula is C7H14FN. The molecule has 0 spiro atoms. The molecule has 1 saturated carbocycles. The van der Waals surface area contributed by atoms with Crippen molar-refractivity contribution in [2.75, 3.05) is 6.54 Å². The molecule has 0 saturated heterocycles. The molecule has 0 aromatic carbocycles. The van der Waals surface area contributed by atoms with Gasteiger partial charge in [-0.3, -0.25) is 0 Å². The van der Waals surface area contributed by atoms with Crippen LogP contribution < -0.4 is 5.73 Å². The second kappa shape index (κ2) is 2.65. The molecule has 0 aliphatic heterocycles. The number of hydrogen-bond donors (Lipinski definition) is 1. The van der Waals surface area contributed by atoms with E-state index in [0.717, 1.165) is 12.8 Å². The van der Waals surface area contributed by atoms with E-state index < -0.39 is 6.17 Å². The van der Waals surface area contributed by atoms with Gasteiger partial charge in [-0.15, -0.1) is 0 Å². The first-order chi connectivity index (χ1) is 4.25. The molecular weight excluding hydrogens is 117 g/mol. The first-order valence-electron chi connectivity index (χ1n) is 3.60. The standard InChI is InChI=1S/C7H14FN/c1-5-2-3-7(8)6(5)4-9/h5-7H,2-4,9H2,1H3/t5-,6-,7-/m1/s1. The molecule has 0 heterocycles. The largest absolute Gasteiger partial charge is 0.330 e. The maximum atomic E-state index is 12.8. The molecule has 1 rings (SSSR count). The third-order valence-corrected chi connectivity index (χ3v) is 2.37. The van der Waals surface area contributed by atoms with Crippen LogP contribution in [-0.2, 0) is 0 Å². The van der Waals surface area contributed by atoms with Crippen molar-refractivity contribution >= 4 is 0 Å². The van der Waals surface area contributed by atoms with Crippen LogP contribution in [0.4, 0.5) is 4.39 Å². The summed E-state index contributed by atoms with van der Waals surface area (Å²) in [7, 11) is 0. The minimum Gasteiger partial charge on any atom is -0.330 e. The van der Waals surface area contributed by atoms with Crippen molar-refractivity contribution < 1.29 is 4.39 Å². The summed E-state index contributed by atoms with van der Waals surface area (Å²) >= 11 is 0. The van der Waals surface area contributed by atoms with Crippen molar-refractivity contribution in [1.82, 2.24) is 0 Å². The summed E-state index contributed by atoms with van der Waals surface area (Å²) in [6.45, 7) is 2.60. The molecule has 1 nitrogen and oxygen atoms in total. The van der Waals surface area contributed by atoms with Gasteiger partial charge in [0.15, 0.2) is 0 Å². The highest BCUT2D eigenvalue weighted by Gasteiger charge is 2.31. The number of rotatable bonds is 1. The first-order valence-corrected chi connectivity index (χ1v) is 3.60. The van der Waals surface area contributed by atoms with E-state index in [2.05, 4.69) is 6.92 Å². The molecule has 2 N–H and O–H groups in total. The zero-order chi connectivity index (χ0) is 6.85. The molecule has 0 aromatic heterocycles. The number of alkyl halides is 1. The van der Waals surface area contributed by atoms with E-state index in [-0.39, 0.29) is 5.92 Å². The Kier molecular flexibility index (Phi) is 2.06. The number of hydrogen-bond acceptors (Lipinski definition) is 1. The summed E-state index contributed by atoms with van der Waals surface area (Å²) < 4.78 is 12.8.